The number of carboxylic acid groups (broad SMARTS) is 1. The van der Waals surface area contributed by atoms with Gasteiger partial charge in [0.2, 0.25) is 5.95 Å². The number of alkyl halides is 3. The van der Waals surface area contributed by atoms with Crippen LogP contribution < -0.4 is 15.5 Å². The summed E-state index contributed by atoms with van der Waals surface area (Å²) >= 11 is 1.30. The van der Waals surface area contributed by atoms with E-state index in [1.807, 2.05) is 6.07 Å². The lowest BCUT2D eigenvalue weighted by molar-refractivity contribution is -0.192. The number of halogens is 3. The maximum atomic E-state index is 12.7. The molecule has 1 amide bonds. The van der Waals surface area contributed by atoms with Gasteiger partial charge in [0, 0.05) is 25.2 Å². The van der Waals surface area contributed by atoms with Crippen molar-refractivity contribution in [2.24, 2.45) is 0 Å². The van der Waals surface area contributed by atoms with Crippen LogP contribution in [0.15, 0.2) is 29.8 Å². The number of nitriles is 1. The number of carbonyl (C=O) groups excluding carboxylic acids is 1. The fourth-order valence-corrected chi connectivity index (χ4v) is 4.47. The first-order chi connectivity index (χ1) is 16.2. The molecule has 3 fully saturated rings. The van der Waals surface area contributed by atoms with Crippen molar-refractivity contribution >= 4 is 40.4 Å². The van der Waals surface area contributed by atoms with Crippen LogP contribution in [-0.4, -0.2) is 62.9 Å². The number of hydrogen-bond donors (Lipinski definition) is 3. The van der Waals surface area contributed by atoms with Gasteiger partial charge in [-0.15, -0.1) is 16.4 Å². The second kappa shape index (κ2) is 9.27. The number of nitrogens with one attached hydrogen (secondary N) is 2. The fraction of sp³-hybridized carbons (Fsp3) is 0.350. The number of aliphatic carboxylic acids is 1. The number of carboxylic acids is 1. The third-order valence-corrected chi connectivity index (χ3v) is 6.30. The van der Waals surface area contributed by atoms with Crippen LogP contribution in [0, 0.1) is 11.3 Å². The monoisotopic (exact) mass is 493 g/mol. The van der Waals surface area contributed by atoms with Crippen molar-refractivity contribution in [3.63, 3.8) is 0 Å². The summed E-state index contributed by atoms with van der Waals surface area (Å²) in [6, 6.07) is 8.24. The van der Waals surface area contributed by atoms with Gasteiger partial charge in [0.05, 0.1) is 17.4 Å². The SMILES string of the molecule is N#Cc1sccc1NC(=O)c1ccc2cnc(N3CC4CCC3CN4)nn12.O=C(O)C(F)(F)F. The fourth-order valence-electron chi connectivity index (χ4n) is 3.83. The normalized spacial score (nSPS) is 19.3. The van der Waals surface area contributed by atoms with E-state index < -0.39 is 12.1 Å². The second-order valence-electron chi connectivity index (χ2n) is 7.63. The quantitative estimate of drug-likeness (QED) is 0.507. The van der Waals surface area contributed by atoms with Crippen LogP contribution in [0.1, 0.15) is 28.2 Å². The third-order valence-electron chi connectivity index (χ3n) is 5.48. The summed E-state index contributed by atoms with van der Waals surface area (Å²) in [6.45, 7) is 1.83. The average Bonchev–Trinajstić information content (AvgIpc) is 3.45. The maximum Gasteiger partial charge on any atom is 0.490 e. The topological polar surface area (TPSA) is 136 Å². The summed E-state index contributed by atoms with van der Waals surface area (Å²) in [6.07, 6.45) is -1.02. The zero-order valence-electron chi connectivity index (χ0n) is 17.4. The van der Waals surface area contributed by atoms with Gasteiger partial charge in [0.1, 0.15) is 16.6 Å². The van der Waals surface area contributed by atoms with E-state index in [1.165, 1.54) is 17.8 Å². The van der Waals surface area contributed by atoms with Gasteiger partial charge < -0.3 is 20.6 Å². The van der Waals surface area contributed by atoms with E-state index in [4.69, 9.17) is 15.2 Å². The minimum absolute atomic E-state index is 0.295. The number of aromatic nitrogens is 3. The van der Waals surface area contributed by atoms with Crippen LogP contribution in [0.5, 0.6) is 0 Å². The number of thiophene rings is 1. The number of carbonyl (C=O) groups is 2. The highest BCUT2D eigenvalue weighted by molar-refractivity contribution is 7.11. The van der Waals surface area contributed by atoms with Gasteiger partial charge in [-0.3, -0.25) is 4.79 Å². The van der Waals surface area contributed by atoms with Gasteiger partial charge in [-0.05, 0) is 36.4 Å². The number of nitrogens with zero attached hydrogens (tertiary/aromatic N) is 5. The molecule has 6 rings (SSSR count). The number of hydrogen-bond acceptors (Lipinski definition) is 8. The van der Waals surface area contributed by atoms with Crippen molar-refractivity contribution < 1.29 is 27.9 Å². The Morgan fingerprint density at radius 3 is 2.65 bits per heavy atom. The summed E-state index contributed by atoms with van der Waals surface area (Å²) < 4.78 is 33.4. The molecular weight excluding hydrogens is 475 g/mol. The summed E-state index contributed by atoms with van der Waals surface area (Å²) in [5.41, 5.74) is 1.70. The Labute approximate surface area is 194 Å². The highest BCUT2D eigenvalue weighted by Crippen LogP contribution is 2.26. The number of piperazine rings is 1. The van der Waals surface area contributed by atoms with E-state index in [0.717, 1.165) is 25.0 Å². The Morgan fingerprint density at radius 2 is 2.06 bits per heavy atom. The van der Waals surface area contributed by atoms with Crippen molar-refractivity contribution in [3.8, 4) is 6.07 Å². The first-order valence-electron chi connectivity index (χ1n) is 10.1. The molecule has 34 heavy (non-hydrogen) atoms. The van der Waals surface area contributed by atoms with Crippen molar-refractivity contribution in [1.82, 2.24) is 19.9 Å². The van der Waals surface area contributed by atoms with Gasteiger partial charge in [-0.2, -0.15) is 18.4 Å². The molecule has 0 aromatic carbocycles. The average molecular weight is 493 g/mol. The highest BCUT2D eigenvalue weighted by atomic mass is 32.1. The van der Waals surface area contributed by atoms with Crippen molar-refractivity contribution in [1.29, 1.82) is 5.26 Å². The third kappa shape index (κ3) is 4.80. The van der Waals surface area contributed by atoms with Gasteiger partial charge in [-0.25, -0.2) is 14.3 Å². The Kier molecular flexibility index (Phi) is 6.40. The molecular formula is C20H18F3N7O3S. The number of anilines is 2. The van der Waals surface area contributed by atoms with Crippen LogP contribution >= 0.6 is 11.3 Å². The standard InChI is InChI=1S/C18H17N7OS.C2HF3O2/c19-7-16-14(5-6-27-16)22-17(26)15-4-3-13-9-21-18(23-25(13)15)24-10-11-1-2-12(24)8-20-11;3-2(4,5)1(6)7/h3-6,9,11-12,20H,1-2,8,10H2,(H,22,26);(H,6,7). The minimum atomic E-state index is -5.08. The summed E-state index contributed by atoms with van der Waals surface area (Å²) in [4.78, 5) is 28.9. The Hall–Kier alpha value is -3.70. The molecule has 3 N–H and O–H groups in total. The molecule has 3 aromatic rings. The van der Waals surface area contributed by atoms with Crippen LogP contribution in [0.3, 0.4) is 0 Å². The predicted molar refractivity (Wildman–Crippen MR) is 116 cm³/mol. The number of piperidine rings is 2. The predicted octanol–water partition coefficient (Wildman–Crippen LogP) is 2.49. The minimum Gasteiger partial charge on any atom is -0.475 e. The number of fused-ring (bicyclic) bond motifs is 4. The van der Waals surface area contributed by atoms with Crippen LogP contribution in [0.4, 0.5) is 24.8 Å². The highest BCUT2D eigenvalue weighted by Gasteiger charge is 2.38. The molecule has 3 aromatic heterocycles. The molecule has 2 unspecified atom stereocenters. The Balaban J connectivity index is 0.000000344. The van der Waals surface area contributed by atoms with Crippen LogP contribution in [0.25, 0.3) is 5.52 Å². The number of rotatable bonds is 3. The van der Waals surface area contributed by atoms with Crippen molar-refractivity contribution in [2.45, 2.75) is 31.1 Å². The van der Waals surface area contributed by atoms with E-state index in [1.54, 1.807) is 28.2 Å². The van der Waals surface area contributed by atoms with E-state index in [0.29, 0.717) is 34.3 Å². The molecule has 0 saturated carbocycles. The number of amides is 1. The molecule has 0 radical (unpaired) electrons. The van der Waals surface area contributed by atoms with Crippen molar-refractivity contribution in [2.75, 3.05) is 23.3 Å². The van der Waals surface area contributed by atoms with E-state index in [-0.39, 0.29) is 5.91 Å². The molecule has 14 heteroatoms. The first-order valence-corrected chi connectivity index (χ1v) is 11.0. The van der Waals surface area contributed by atoms with E-state index >= 15 is 0 Å². The Morgan fingerprint density at radius 1 is 1.29 bits per heavy atom. The lowest BCUT2D eigenvalue weighted by atomic mass is 9.93. The summed E-state index contributed by atoms with van der Waals surface area (Å²) in [5.74, 6) is -2.40. The van der Waals surface area contributed by atoms with Gasteiger partial charge >= 0.3 is 12.1 Å². The first kappa shape index (κ1) is 23.5. The van der Waals surface area contributed by atoms with E-state index in [9.17, 15) is 18.0 Å². The molecule has 3 aliphatic rings. The molecule has 2 atom stereocenters. The smallest absolute Gasteiger partial charge is 0.475 e. The zero-order valence-corrected chi connectivity index (χ0v) is 18.2. The molecule has 10 nitrogen and oxygen atoms in total. The van der Waals surface area contributed by atoms with Crippen molar-refractivity contribution in [3.05, 3.63) is 40.3 Å². The molecule has 2 bridgehead atoms. The molecule has 0 spiro atoms. The molecule has 3 saturated heterocycles. The van der Waals surface area contributed by atoms with Crippen LogP contribution in [0.2, 0.25) is 0 Å². The molecule has 0 aliphatic carbocycles. The van der Waals surface area contributed by atoms with Gasteiger partial charge in [-0.1, -0.05) is 0 Å². The van der Waals surface area contributed by atoms with Gasteiger partial charge in [0.25, 0.3) is 5.91 Å². The summed E-state index contributed by atoms with van der Waals surface area (Å²) in [5, 5.41) is 29.0. The molecule has 3 aliphatic heterocycles. The Bertz CT molecular complexity index is 1260. The largest absolute Gasteiger partial charge is 0.490 e. The lowest BCUT2D eigenvalue weighted by Gasteiger charge is -2.45. The molecule has 6 heterocycles. The van der Waals surface area contributed by atoms with Gasteiger partial charge in [0.15, 0.2) is 0 Å². The zero-order chi connectivity index (χ0) is 24.5. The maximum absolute atomic E-state index is 12.7. The molecule has 178 valence electrons. The lowest BCUT2D eigenvalue weighted by Crippen LogP contribution is -2.61. The van der Waals surface area contributed by atoms with E-state index in [2.05, 4.69) is 31.7 Å². The van der Waals surface area contributed by atoms with Crippen LogP contribution in [-0.2, 0) is 4.79 Å². The summed E-state index contributed by atoms with van der Waals surface area (Å²) in [7, 11) is 0. The second-order valence-corrected chi connectivity index (χ2v) is 8.55.